The summed E-state index contributed by atoms with van der Waals surface area (Å²) < 4.78 is 0. The van der Waals surface area contributed by atoms with Crippen LogP contribution in [0.5, 0.6) is 0 Å². The van der Waals surface area contributed by atoms with E-state index in [1.54, 1.807) is 11.4 Å². The zero-order chi connectivity index (χ0) is 12.3. The molecular weight excluding hydrogens is 240 g/mol. The van der Waals surface area contributed by atoms with Crippen molar-refractivity contribution < 1.29 is 14.7 Å². The second-order valence-electron chi connectivity index (χ2n) is 4.03. The Balaban J connectivity index is 1.75. The van der Waals surface area contributed by atoms with Crippen molar-refractivity contribution in [1.29, 1.82) is 0 Å². The molecule has 1 aromatic rings. The van der Waals surface area contributed by atoms with Gasteiger partial charge in [-0.25, -0.2) is 4.79 Å². The van der Waals surface area contributed by atoms with Gasteiger partial charge in [0.15, 0.2) is 0 Å². The molecule has 0 spiro atoms. The van der Waals surface area contributed by atoms with Crippen LogP contribution in [-0.4, -0.2) is 29.6 Å². The van der Waals surface area contributed by atoms with E-state index in [0.29, 0.717) is 17.5 Å². The summed E-state index contributed by atoms with van der Waals surface area (Å²) in [5.74, 6) is -0.946. The Kier molecular flexibility index (Phi) is 3.75. The van der Waals surface area contributed by atoms with E-state index in [-0.39, 0.29) is 12.5 Å². The Hall–Kier alpha value is -1.40. The first-order chi connectivity index (χ1) is 8.16. The van der Waals surface area contributed by atoms with Crippen LogP contribution in [-0.2, 0) is 11.3 Å². The molecule has 1 heterocycles. The van der Waals surface area contributed by atoms with Crippen LogP contribution in [0.1, 0.15) is 28.1 Å². The summed E-state index contributed by atoms with van der Waals surface area (Å²) in [6, 6.07) is 2.12. The van der Waals surface area contributed by atoms with Gasteiger partial charge in [0.2, 0.25) is 5.91 Å². The summed E-state index contributed by atoms with van der Waals surface area (Å²) in [5.41, 5.74) is 0.724. The molecule has 1 saturated carbocycles. The largest absolute Gasteiger partial charge is 0.477 e. The Labute approximate surface area is 103 Å². The van der Waals surface area contributed by atoms with Crippen molar-refractivity contribution in [3.63, 3.8) is 0 Å². The van der Waals surface area contributed by atoms with Crippen molar-refractivity contribution in [2.45, 2.75) is 25.4 Å². The summed E-state index contributed by atoms with van der Waals surface area (Å²) in [6.45, 7) is 0.634. The minimum atomic E-state index is -0.917. The number of hydrogen-bond acceptors (Lipinski definition) is 4. The Morgan fingerprint density at radius 3 is 2.88 bits per heavy atom. The predicted octanol–water partition coefficient (Wildman–Crippen LogP) is 0.815. The van der Waals surface area contributed by atoms with Crippen LogP contribution < -0.4 is 10.6 Å². The Morgan fingerprint density at radius 1 is 1.47 bits per heavy atom. The zero-order valence-electron chi connectivity index (χ0n) is 9.23. The number of carbonyl (C=O) groups is 2. The fourth-order valence-corrected chi connectivity index (χ4v) is 2.24. The Morgan fingerprint density at radius 2 is 2.24 bits per heavy atom. The number of rotatable bonds is 6. The van der Waals surface area contributed by atoms with Crippen LogP contribution in [0.4, 0.5) is 0 Å². The fourth-order valence-electron chi connectivity index (χ4n) is 1.48. The van der Waals surface area contributed by atoms with Crippen LogP contribution in [0.2, 0.25) is 0 Å². The second-order valence-corrected chi connectivity index (χ2v) is 4.94. The first-order valence-electron chi connectivity index (χ1n) is 5.46. The normalized spacial score (nSPS) is 14.6. The number of carboxylic acids is 1. The molecule has 1 aromatic heterocycles. The average molecular weight is 254 g/mol. The highest BCUT2D eigenvalue weighted by molar-refractivity contribution is 7.12. The molecule has 1 aliphatic carbocycles. The standard InChI is InChI=1S/C11H14N2O3S/c14-9(13-8-1-2-8)6-12-5-7-3-4-17-10(7)11(15)16/h3-4,8,12H,1-2,5-6H2,(H,13,14)(H,15,16). The number of amides is 1. The zero-order valence-corrected chi connectivity index (χ0v) is 10.0. The van der Waals surface area contributed by atoms with Gasteiger partial charge in [-0.15, -0.1) is 11.3 Å². The monoisotopic (exact) mass is 254 g/mol. The molecule has 1 amide bonds. The average Bonchev–Trinajstić information content (AvgIpc) is 2.94. The highest BCUT2D eigenvalue weighted by Crippen LogP contribution is 2.18. The molecule has 1 aliphatic rings. The van der Waals surface area contributed by atoms with Gasteiger partial charge in [-0.1, -0.05) is 0 Å². The maximum Gasteiger partial charge on any atom is 0.346 e. The summed E-state index contributed by atoms with van der Waals surface area (Å²) in [7, 11) is 0. The van der Waals surface area contributed by atoms with Gasteiger partial charge in [0.25, 0.3) is 0 Å². The second kappa shape index (κ2) is 5.29. The highest BCUT2D eigenvalue weighted by Gasteiger charge is 2.22. The van der Waals surface area contributed by atoms with Crippen molar-refractivity contribution >= 4 is 23.2 Å². The SMILES string of the molecule is O=C(CNCc1ccsc1C(=O)O)NC1CC1. The van der Waals surface area contributed by atoms with Gasteiger partial charge in [-0.3, -0.25) is 4.79 Å². The van der Waals surface area contributed by atoms with E-state index in [0.717, 1.165) is 18.4 Å². The molecule has 0 unspecified atom stereocenters. The van der Waals surface area contributed by atoms with Crippen molar-refractivity contribution in [2.75, 3.05) is 6.54 Å². The van der Waals surface area contributed by atoms with Crippen LogP contribution in [0.3, 0.4) is 0 Å². The molecule has 5 nitrogen and oxygen atoms in total. The molecular formula is C11H14N2O3S. The molecule has 17 heavy (non-hydrogen) atoms. The molecule has 3 N–H and O–H groups in total. The lowest BCUT2D eigenvalue weighted by Gasteiger charge is -2.05. The van der Waals surface area contributed by atoms with E-state index in [1.165, 1.54) is 11.3 Å². The maximum atomic E-state index is 11.4. The van der Waals surface area contributed by atoms with E-state index in [1.807, 2.05) is 0 Å². The minimum Gasteiger partial charge on any atom is -0.477 e. The number of aromatic carboxylic acids is 1. The summed E-state index contributed by atoms with van der Waals surface area (Å²) >= 11 is 1.20. The van der Waals surface area contributed by atoms with E-state index in [9.17, 15) is 9.59 Å². The molecule has 0 atom stereocenters. The minimum absolute atomic E-state index is 0.0281. The van der Waals surface area contributed by atoms with Gasteiger partial charge in [0.1, 0.15) is 4.88 Å². The number of carboxylic acid groups (broad SMARTS) is 1. The highest BCUT2D eigenvalue weighted by atomic mass is 32.1. The topological polar surface area (TPSA) is 78.4 Å². The lowest BCUT2D eigenvalue weighted by atomic mass is 10.2. The van der Waals surface area contributed by atoms with Gasteiger partial charge in [-0.05, 0) is 29.9 Å². The lowest BCUT2D eigenvalue weighted by molar-refractivity contribution is -0.120. The quantitative estimate of drug-likeness (QED) is 0.702. The molecule has 92 valence electrons. The predicted molar refractivity (Wildman–Crippen MR) is 64.1 cm³/mol. The third-order valence-corrected chi connectivity index (χ3v) is 3.43. The van der Waals surface area contributed by atoms with Crippen molar-refractivity contribution in [2.24, 2.45) is 0 Å². The third-order valence-electron chi connectivity index (χ3n) is 2.48. The molecule has 0 radical (unpaired) electrons. The number of hydrogen-bond donors (Lipinski definition) is 3. The van der Waals surface area contributed by atoms with Crippen LogP contribution >= 0.6 is 11.3 Å². The van der Waals surface area contributed by atoms with Crippen molar-refractivity contribution in [1.82, 2.24) is 10.6 Å². The van der Waals surface area contributed by atoms with E-state index in [4.69, 9.17) is 5.11 Å². The number of thiophene rings is 1. The number of nitrogens with one attached hydrogen (secondary N) is 2. The molecule has 6 heteroatoms. The van der Waals surface area contributed by atoms with Gasteiger partial charge >= 0.3 is 5.97 Å². The van der Waals surface area contributed by atoms with E-state index >= 15 is 0 Å². The Bertz CT molecular complexity index is 426. The molecule has 0 aromatic carbocycles. The molecule has 0 saturated heterocycles. The fraction of sp³-hybridized carbons (Fsp3) is 0.455. The molecule has 0 aliphatic heterocycles. The number of carbonyl (C=O) groups excluding carboxylic acids is 1. The van der Waals surface area contributed by atoms with E-state index < -0.39 is 5.97 Å². The smallest absolute Gasteiger partial charge is 0.346 e. The summed E-state index contributed by atoms with van der Waals surface area (Å²) in [5, 5.41) is 16.4. The summed E-state index contributed by atoms with van der Waals surface area (Å²) in [4.78, 5) is 22.5. The van der Waals surface area contributed by atoms with Gasteiger partial charge in [-0.2, -0.15) is 0 Å². The van der Waals surface area contributed by atoms with E-state index in [2.05, 4.69) is 10.6 Å². The first-order valence-corrected chi connectivity index (χ1v) is 6.34. The third kappa shape index (κ3) is 3.54. The van der Waals surface area contributed by atoms with Gasteiger partial charge in [0.05, 0.1) is 6.54 Å². The van der Waals surface area contributed by atoms with Crippen LogP contribution in [0.25, 0.3) is 0 Å². The maximum absolute atomic E-state index is 11.4. The summed E-state index contributed by atoms with van der Waals surface area (Å²) in [6.07, 6.45) is 2.14. The molecule has 0 bridgehead atoms. The van der Waals surface area contributed by atoms with Crippen molar-refractivity contribution in [3.05, 3.63) is 21.9 Å². The molecule has 1 fully saturated rings. The van der Waals surface area contributed by atoms with Crippen LogP contribution in [0, 0.1) is 0 Å². The van der Waals surface area contributed by atoms with Gasteiger partial charge < -0.3 is 15.7 Å². The van der Waals surface area contributed by atoms with Crippen LogP contribution in [0.15, 0.2) is 11.4 Å². The first kappa shape index (κ1) is 12.1. The van der Waals surface area contributed by atoms with Crippen molar-refractivity contribution in [3.8, 4) is 0 Å². The molecule has 2 rings (SSSR count). The lowest BCUT2D eigenvalue weighted by Crippen LogP contribution is -2.34. The van der Waals surface area contributed by atoms with Gasteiger partial charge in [0, 0.05) is 12.6 Å².